The Labute approximate surface area is 204 Å². The van der Waals surface area contributed by atoms with E-state index in [1.54, 1.807) is 19.4 Å². The molecule has 2 aliphatic rings. The molecule has 0 saturated carbocycles. The number of fused-ring (bicyclic) bond motifs is 1. The molecule has 9 nitrogen and oxygen atoms in total. The highest BCUT2D eigenvalue weighted by atomic mass is 19.1. The van der Waals surface area contributed by atoms with Crippen LogP contribution in [0.25, 0.3) is 10.8 Å². The summed E-state index contributed by atoms with van der Waals surface area (Å²) in [6.07, 6.45) is 4.20. The predicted molar refractivity (Wildman–Crippen MR) is 134 cm³/mol. The van der Waals surface area contributed by atoms with Crippen molar-refractivity contribution in [3.05, 3.63) is 36.3 Å². The second-order valence-corrected chi connectivity index (χ2v) is 9.66. The Balaban J connectivity index is 1.42. The Morgan fingerprint density at radius 1 is 1.14 bits per heavy atom. The highest BCUT2D eigenvalue weighted by Crippen LogP contribution is 2.36. The second-order valence-electron chi connectivity index (χ2n) is 9.66. The minimum atomic E-state index is -1.08. The maximum absolute atomic E-state index is 14.4. The maximum Gasteiger partial charge on any atom is 0.227 e. The van der Waals surface area contributed by atoms with E-state index in [0.29, 0.717) is 37.1 Å². The Morgan fingerprint density at radius 2 is 1.97 bits per heavy atom. The van der Waals surface area contributed by atoms with Crippen LogP contribution in [0.2, 0.25) is 0 Å². The lowest BCUT2D eigenvalue weighted by Crippen LogP contribution is -2.59. The van der Waals surface area contributed by atoms with Crippen molar-refractivity contribution >= 4 is 34.2 Å². The Bertz CT molecular complexity index is 1210. The lowest BCUT2D eigenvalue weighted by molar-refractivity contribution is 0.0194. The smallest absolute Gasteiger partial charge is 0.227 e. The summed E-state index contributed by atoms with van der Waals surface area (Å²) in [6, 6.07) is 3.81. The molecule has 0 amide bonds. The molecule has 10 heteroatoms. The molecule has 5 rings (SSSR count). The largest absolute Gasteiger partial charge is 0.389 e. The molecule has 186 valence electrons. The highest BCUT2D eigenvalue weighted by molar-refractivity contribution is 5.96. The third kappa shape index (κ3) is 4.48. The Hall–Kier alpha value is -3.11. The fraction of sp³-hybridized carbons (Fsp3) is 0.520. The normalized spacial score (nSPS) is 24.7. The van der Waals surface area contributed by atoms with Gasteiger partial charge in [-0.05, 0) is 42.3 Å². The van der Waals surface area contributed by atoms with Gasteiger partial charge in [0.25, 0.3) is 0 Å². The number of hydrogen-bond acceptors (Lipinski definition) is 9. The first kappa shape index (κ1) is 23.6. The van der Waals surface area contributed by atoms with Crippen LogP contribution in [-0.4, -0.2) is 76.2 Å². The van der Waals surface area contributed by atoms with Gasteiger partial charge in [-0.15, -0.1) is 0 Å². The van der Waals surface area contributed by atoms with Crippen LogP contribution >= 0.6 is 0 Å². The van der Waals surface area contributed by atoms with Crippen LogP contribution in [0.1, 0.15) is 38.7 Å². The summed E-state index contributed by atoms with van der Waals surface area (Å²) in [7, 11) is 1.54. The number of alkyl halides is 1. The molecular weight excluding hydrogens is 449 g/mol. The number of β-amino-alcohol motifs (C(OH)–C–C–N with tert-alkyl or cyclic N) is 1. The summed E-state index contributed by atoms with van der Waals surface area (Å²) < 4.78 is 19.6. The van der Waals surface area contributed by atoms with E-state index in [0.717, 1.165) is 22.2 Å². The molecule has 0 spiro atoms. The van der Waals surface area contributed by atoms with E-state index in [-0.39, 0.29) is 30.7 Å². The van der Waals surface area contributed by atoms with Crippen LogP contribution in [0.5, 0.6) is 0 Å². The molecule has 4 atom stereocenters. The maximum atomic E-state index is 14.4. The molecule has 0 unspecified atom stereocenters. The minimum Gasteiger partial charge on any atom is -0.389 e. The zero-order valence-electron chi connectivity index (χ0n) is 20.5. The summed E-state index contributed by atoms with van der Waals surface area (Å²) in [5.41, 5.74) is 1.13. The number of piperidine rings is 1. The average molecular weight is 482 g/mol. The number of halogens is 1. The molecule has 0 aromatic carbocycles. The number of nitrogens with one attached hydrogen (secondary N) is 1. The van der Waals surface area contributed by atoms with Gasteiger partial charge in [0.05, 0.1) is 24.8 Å². The Kier molecular flexibility index (Phi) is 6.41. The monoisotopic (exact) mass is 481 g/mol. The van der Waals surface area contributed by atoms with Crippen molar-refractivity contribution in [1.82, 2.24) is 19.9 Å². The summed E-state index contributed by atoms with van der Waals surface area (Å²) in [6.45, 7) is 7.68. The van der Waals surface area contributed by atoms with E-state index in [1.807, 2.05) is 30.3 Å². The van der Waals surface area contributed by atoms with Crippen LogP contribution < -0.4 is 15.1 Å². The number of aromatic nitrogens is 4. The van der Waals surface area contributed by atoms with E-state index in [1.165, 1.54) is 0 Å². The van der Waals surface area contributed by atoms with Gasteiger partial charge in [0.2, 0.25) is 5.95 Å². The van der Waals surface area contributed by atoms with Crippen molar-refractivity contribution in [3.63, 3.8) is 0 Å². The molecule has 0 bridgehead atoms. The summed E-state index contributed by atoms with van der Waals surface area (Å²) in [4.78, 5) is 22.3. The van der Waals surface area contributed by atoms with E-state index in [2.05, 4.69) is 39.0 Å². The molecule has 35 heavy (non-hydrogen) atoms. The fourth-order valence-electron chi connectivity index (χ4n) is 4.80. The van der Waals surface area contributed by atoms with E-state index < -0.39 is 6.17 Å². The van der Waals surface area contributed by atoms with Crippen LogP contribution in [-0.2, 0) is 4.74 Å². The van der Waals surface area contributed by atoms with Gasteiger partial charge in [-0.25, -0.2) is 19.3 Å². The van der Waals surface area contributed by atoms with Crippen LogP contribution in [0, 0.1) is 0 Å². The van der Waals surface area contributed by atoms with Gasteiger partial charge in [0.15, 0.2) is 0 Å². The predicted octanol–water partition coefficient (Wildman–Crippen LogP) is 3.42. The molecule has 0 aliphatic carbocycles. The zero-order chi connectivity index (χ0) is 24.7. The molecule has 2 fully saturated rings. The van der Waals surface area contributed by atoms with Gasteiger partial charge in [-0.1, -0.05) is 13.8 Å². The number of hydrogen-bond donors (Lipinski definition) is 2. The first-order chi connectivity index (χ1) is 16.9. The third-order valence-corrected chi connectivity index (χ3v) is 7.07. The SMILES string of the molecule is CO[C@@H]1CCN(c2nccc(Nc3cc4c(C(C)C)cnc(N5C[C@H](O)[C@H]5C)c4cn3)n2)C[C@@H]1F. The first-order valence-corrected chi connectivity index (χ1v) is 12.1. The number of methoxy groups -OCH3 is 1. The van der Waals surface area contributed by atoms with Crippen molar-refractivity contribution in [3.8, 4) is 0 Å². The van der Waals surface area contributed by atoms with Gasteiger partial charge in [-0.2, -0.15) is 4.98 Å². The van der Waals surface area contributed by atoms with Crippen molar-refractivity contribution < 1.29 is 14.2 Å². The summed E-state index contributed by atoms with van der Waals surface area (Å²) in [5, 5.41) is 15.3. The van der Waals surface area contributed by atoms with E-state index >= 15 is 0 Å². The number of pyridine rings is 2. The first-order valence-electron chi connectivity index (χ1n) is 12.1. The molecule has 3 aromatic rings. The standard InChI is InChI=1S/C25H32FN7O2/c1-14(2)17-10-29-24(33-13-20(34)15(33)3)18-11-28-23(9-16(17)18)30-22-5-7-27-25(31-22)32-8-6-21(35-4)19(26)12-32/h5,7,9-11,14-15,19-21,34H,6,8,12-13H2,1-4H3,(H,27,28,30,31)/t15-,19+,20+,21-/m1/s1. The summed E-state index contributed by atoms with van der Waals surface area (Å²) in [5.74, 6) is 2.84. The number of aliphatic hydroxyl groups is 1. The number of anilines is 4. The lowest BCUT2D eigenvalue weighted by atomic mass is 9.96. The molecule has 3 aromatic heterocycles. The lowest BCUT2D eigenvalue weighted by Gasteiger charge is -2.44. The quantitative estimate of drug-likeness (QED) is 0.549. The Morgan fingerprint density at radius 3 is 2.66 bits per heavy atom. The highest BCUT2D eigenvalue weighted by Gasteiger charge is 2.36. The fourth-order valence-corrected chi connectivity index (χ4v) is 4.80. The topological polar surface area (TPSA) is 99.5 Å². The number of nitrogens with zero attached hydrogens (tertiary/aromatic N) is 6. The van der Waals surface area contributed by atoms with Crippen molar-refractivity contribution in [1.29, 1.82) is 0 Å². The molecule has 2 aliphatic heterocycles. The third-order valence-electron chi connectivity index (χ3n) is 7.07. The molecule has 0 radical (unpaired) electrons. The summed E-state index contributed by atoms with van der Waals surface area (Å²) >= 11 is 0. The van der Waals surface area contributed by atoms with Crippen LogP contribution in [0.15, 0.2) is 30.7 Å². The van der Waals surface area contributed by atoms with E-state index in [4.69, 9.17) is 9.72 Å². The number of rotatable bonds is 6. The molecular formula is C25H32FN7O2. The van der Waals surface area contributed by atoms with Crippen molar-refractivity contribution in [2.75, 3.05) is 41.9 Å². The van der Waals surface area contributed by atoms with Gasteiger partial charge < -0.3 is 25.0 Å². The minimum absolute atomic E-state index is 0.0192. The van der Waals surface area contributed by atoms with Gasteiger partial charge in [-0.3, -0.25) is 0 Å². The van der Waals surface area contributed by atoms with Gasteiger partial charge in [0, 0.05) is 44.2 Å². The van der Waals surface area contributed by atoms with Crippen LogP contribution in [0.4, 0.5) is 27.8 Å². The van der Waals surface area contributed by atoms with Gasteiger partial charge in [0.1, 0.15) is 23.6 Å². The van der Waals surface area contributed by atoms with E-state index in [9.17, 15) is 9.50 Å². The van der Waals surface area contributed by atoms with Crippen LogP contribution in [0.3, 0.4) is 0 Å². The second kappa shape index (κ2) is 9.50. The molecule has 2 saturated heterocycles. The number of aliphatic hydroxyl groups excluding tert-OH is 1. The van der Waals surface area contributed by atoms with Gasteiger partial charge >= 0.3 is 0 Å². The zero-order valence-corrected chi connectivity index (χ0v) is 20.5. The number of ether oxygens (including phenoxy) is 1. The van der Waals surface area contributed by atoms with Crippen molar-refractivity contribution in [2.24, 2.45) is 0 Å². The molecule has 2 N–H and O–H groups in total. The van der Waals surface area contributed by atoms with Crippen molar-refractivity contribution in [2.45, 2.75) is 57.5 Å². The molecule has 5 heterocycles. The average Bonchev–Trinajstić information content (AvgIpc) is 2.86.